The van der Waals surface area contributed by atoms with Crippen molar-refractivity contribution in [3.8, 4) is 5.88 Å². The van der Waals surface area contributed by atoms with Crippen molar-refractivity contribution < 1.29 is 4.74 Å². The minimum absolute atomic E-state index is 0.607. The highest BCUT2D eigenvalue weighted by Gasteiger charge is 2.05. The molecule has 2 rings (SSSR count). The van der Waals surface area contributed by atoms with Crippen LogP contribution in [-0.4, -0.2) is 36.1 Å². The number of rotatable bonds is 8. The molecule has 0 saturated heterocycles. The first-order chi connectivity index (χ1) is 11.8. The third-order valence-electron chi connectivity index (χ3n) is 3.36. The molecule has 6 heteroatoms. The maximum absolute atomic E-state index is 5.67. The molecule has 2 N–H and O–H groups in total. The van der Waals surface area contributed by atoms with E-state index >= 15 is 0 Å². The van der Waals surface area contributed by atoms with Crippen molar-refractivity contribution in [1.29, 1.82) is 0 Å². The highest BCUT2D eigenvalue weighted by molar-refractivity contribution is 5.79. The third-order valence-corrected chi connectivity index (χ3v) is 3.36. The lowest BCUT2D eigenvalue weighted by atomic mass is 10.2. The van der Waals surface area contributed by atoms with E-state index in [1.54, 1.807) is 13.2 Å². The van der Waals surface area contributed by atoms with Crippen LogP contribution in [0.1, 0.15) is 24.6 Å². The first kappa shape index (κ1) is 17.7. The molecule has 0 aliphatic heterocycles. The van der Waals surface area contributed by atoms with Crippen LogP contribution in [0.3, 0.4) is 0 Å². The van der Waals surface area contributed by atoms with E-state index in [4.69, 9.17) is 4.74 Å². The average molecular weight is 327 g/mol. The Balaban J connectivity index is 1.81. The largest absolute Gasteiger partial charge is 0.477 e. The second-order valence-electron chi connectivity index (χ2n) is 5.24. The summed E-state index contributed by atoms with van der Waals surface area (Å²) in [5.41, 5.74) is 2.07. The van der Waals surface area contributed by atoms with Gasteiger partial charge in [0.15, 0.2) is 5.96 Å². The highest BCUT2D eigenvalue weighted by atomic mass is 16.5. The Morgan fingerprint density at radius 3 is 2.75 bits per heavy atom. The predicted molar refractivity (Wildman–Crippen MR) is 96.2 cm³/mol. The highest BCUT2D eigenvalue weighted by Crippen LogP contribution is 2.14. The number of aromatic nitrogens is 2. The summed E-state index contributed by atoms with van der Waals surface area (Å²) in [7, 11) is 1.76. The Morgan fingerprint density at radius 2 is 2.00 bits per heavy atom. The van der Waals surface area contributed by atoms with Crippen LogP contribution in [0.5, 0.6) is 5.88 Å². The molecule has 2 heterocycles. The van der Waals surface area contributed by atoms with E-state index < -0.39 is 0 Å². The van der Waals surface area contributed by atoms with Crippen molar-refractivity contribution in [2.45, 2.75) is 26.3 Å². The van der Waals surface area contributed by atoms with Gasteiger partial charge < -0.3 is 15.4 Å². The first-order valence-electron chi connectivity index (χ1n) is 8.24. The number of hydrogen-bond acceptors (Lipinski definition) is 4. The number of pyridine rings is 2. The van der Waals surface area contributed by atoms with Gasteiger partial charge in [0.1, 0.15) is 0 Å². The molecule has 0 radical (unpaired) electrons. The van der Waals surface area contributed by atoms with Crippen LogP contribution >= 0.6 is 0 Å². The Kier molecular flexibility index (Phi) is 7.53. The second kappa shape index (κ2) is 10.2. The van der Waals surface area contributed by atoms with Crippen molar-refractivity contribution in [2.24, 2.45) is 4.99 Å². The van der Waals surface area contributed by atoms with Crippen LogP contribution in [0, 0.1) is 0 Å². The van der Waals surface area contributed by atoms with Gasteiger partial charge in [-0.15, -0.1) is 0 Å². The fourth-order valence-electron chi connectivity index (χ4n) is 2.14. The Morgan fingerprint density at radius 1 is 1.12 bits per heavy atom. The molecule has 0 saturated carbocycles. The summed E-state index contributed by atoms with van der Waals surface area (Å²) < 4.78 is 5.67. The van der Waals surface area contributed by atoms with Crippen molar-refractivity contribution in [3.05, 3.63) is 54.0 Å². The standard InChI is InChI=1S/C18H25N5O/c1-3-13-24-17-15(7-6-11-21-17)14-23-18(19-2)22-12-9-16-8-4-5-10-20-16/h4-8,10-11H,3,9,12-14H2,1-2H3,(H2,19,22,23). The number of hydrogen-bond donors (Lipinski definition) is 2. The lowest BCUT2D eigenvalue weighted by molar-refractivity contribution is 0.301. The monoisotopic (exact) mass is 327 g/mol. The van der Waals surface area contributed by atoms with Gasteiger partial charge in [-0.25, -0.2) is 4.98 Å². The van der Waals surface area contributed by atoms with Crippen molar-refractivity contribution in [3.63, 3.8) is 0 Å². The molecule has 2 aromatic heterocycles. The molecule has 128 valence electrons. The van der Waals surface area contributed by atoms with Crippen LogP contribution in [0.4, 0.5) is 0 Å². The van der Waals surface area contributed by atoms with Crippen molar-refractivity contribution in [1.82, 2.24) is 20.6 Å². The van der Waals surface area contributed by atoms with Gasteiger partial charge >= 0.3 is 0 Å². The quantitative estimate of drug-likeness (QED) is 0.574. The van der Waals surface area contributed by atoms with Gasteiger partial charge in [-0.2, -0.15) is 0 Å². The van der Waals surface area contributed by atoms with Crippen LogP contribution in [0.15, 0.2) is 47.7 Å². The van der Waals surface area contributed by atoms with Gasteiger partial charge in [0.2, 0.25) is 5.88 Å². The lowest BCUT2D eigenvalue weighted by Crippen LogP contribution is -2.38. The van der Waals surface area contributed by atoms with Gasteiger partial charge in [0.05, 0.1) is 6.61 Å². The zero-order valence-electron chi connectivity index (χ0n) is 14.3. The molecule has 24 heavy (non-hydrogen) atoms. The Hall–Kier alpha value is -2.63. The van der Waals surface area contributed by atoms with Gasteiger partial charge in [0.25, 0.3) is 0 Å². The average Bonchev–Trinajstić information content (AvgIpc) is 2.64. The fourth-order valence-corrected chi connectivity index (χ4v) is 2.14. The molecule has 0 atom stereocenters. The molecule has 0 fully saturated rings. The number of nitrogens with zero attached hydrogens (tertiary/aromatic N) is 3. The molecule has 0 amide bonds. The summed E-state index contributed by atoms with van der Waals surface area (Å²) in [6, 6.07) is 9.85. The topological polar surface area (TPSA) is 71.4 Å². The van der Waals surface area contributed by atoms with E-state index in [0.29, 0.717) is 19.0 Å². The molecule has 2 aromatic rings. The number of ether oxygens (including phenoxy) is 1. The van der Waals surface area contributed by atoms with Gasteiger partial charge in [-0.3, -0.25) is 9.98 Å². The maximum atomic E-state index is 5.67. The number of guanidine groups is 1. The summed E-state index contributed by atoms with van der Waals surface area (Å²) in [6.45, 7) is 4.12. The Bertz CT molecular complexity index is 630. The molecule has 0 aliphatic rings. The Labute approximate surface area is 143 Å². The zero-order valence-corrected chi connectivity index (χ0v) is 14.3. The van der Waals surface area contributed by atoms with E-state index in [1.807, 2.05) is 36.5 Å². The van der Waals surface area contributed by atoms with E-state index in [9.17, 15) is 0 Å². The smallest absolute Gasteiger partial charge is 0.218 e. The van der Waals surface area contributed by atoms with Crippen LogP contribution in [-0.2, 0) is 13.0 Å². The van der Waals surface area contributed by atoms with Gasteiger partial charge in [-0.1, -0.05) is 19.1 Å². The number of aliphatic imine (C=N–C) groups is 1. The minimum Gasteiger partial charge on any atom is -0.477 e. The molecule has 6 nitrogen and oxygen atoms in total. The van der Waals surface area contributed by atoms with Crippen LogP contribution in [0.2, 0.25) is 0 Å². The normalized spacial score (nSPS) is 11.2. The van der Waals surface area contributed by atoms with Gasteiger partial charge in [-0.05, 0) is 24.6 Å². The van der Waals surface area contributed by atoms with E-state index in [0.717, 1.165) is 36.6 Å². The minimum atomic E-state index is 0.607. The van der Waals surface area contributed by atoms with Crippen molar-refractivity contribution in [2.75, 3.05) is 20.2 Å². The molecule has 0 spiro atoms. The summed E-state index contributed by atoms with van der Waals surface area (Å²) in [5.74, 6) is 1.42. The van der Waals surface area contributed by atoms with Crippen LogP contribution in [0.25, 0.3) is 0 Å². The third kappa shape index (κ3) is 5.87. The molecule has 0 unspecified atom stereocenters. The van der Waals surface area contributed by atoms with Crippen LogP contribution < -0.4 is 15.4 Å². The first-order valence-corrected chi connectivity index (χ1v) is 8.24. The van der Waals surface area contributed by atoms with Crippen molar-refractivity contribution >= 4 is 5.96 Å². The molecular weight excluding hydrogens is 302 g/mol. The van der Waals surface area contributed by atoms with E-state index in [1.165, 1.54) is 0 Å². The molecule has 0 aliphatic carbocycles. The molecular formula is C18H25N5O. The van der Waals surface area contributed by atoms with E-state index in [-0.39, 0.29) is 0 Å². The summed E-state index contributed by atoms with van der Waals surface area (Å²) in [6.07, 6.45) is 5.36. The summed E-state index contributed by atoms with van der Waals surface area (Å²) >= 11 is 0. The predicted octanol–water partition coefficient (Wildman–Crippen LogP) is 2.17. The summed E-state index contributed by atoms with van der Waals surface area (Å²) in [5, 5.41) is 6.58. The lowest BCUT2D eigenvalue weighted by Gasteiger charge is -2.13. The second-order valence-corrected chi connectivity index (χ2v) is 5.24. The zero-order chi connectivity index (χ0) is 17.0. The summed E-state index contributed by atoms with van der Waals surface area (Å²) in [4.78, 5) is 12.8. The van der Waals surface area contributed by atoms with E-state index in [2.05, 4.69) is 32.5 Å². The fraction of sp³-hybridized carbons (Fsp3) is 0.389. The molecule has 0 aromatic carbocycles. The SMILES string of the molecule is CCCOc1ncccc1CNC(=NC)NCCc1ccccn1. The number of nitrogens with one attached hydrogen (secondary N) is 2. The van der Waals surface area contributed by atoms with Gasteiger partial charge in [0, 0.05) is 50.2 Å². The molecule has 0 bridgehead atoms. The maximum Gasteiger partial charge on any atom is 0.218 e.